The molecule has 0 fully saturated rings. The molecule has 1 aromatic heterocycles. The zero-order valence-electron chi connectivity index (χ0n) is 14.2. The smallest absolute Gasteiger partial charge is 0.262 e. The first-order chi connectivity index (χ1) is 12.1. The van der Waals surface area contributed by atoms with Crippen molar-refractivity contribution >= 4 is 11.6 Å². The number of carbonyl (C=O) groups is 1. The van der Waals surface area contributed by atoms with Gasteiger partial charge in [0.25, 0.3) is 11.8 Å². The Morgan fingerprint density at radius 3 is 2.68 bits per heavy atom. The third-order valence-electron chi connectivity index (χ3n) is 3.56. The van der Waals surface area contributed by atoms with Crippen LogP contribution in [0.4, 0.5) is 5.69 Å². The zero-order valence-corrected chi connectivity index (χ0v) is 14.2. The molecule has 3 rings (SSSR count). The monoisotopic (exact) mass is 337 g/mol. The van der Waals surface area contributed by atoms with Crippen molar-refractivity contribution in [3.63, 3.8) is 0 Å². The Morgan fingerprint density at radius 1 is 1.20 bits per heavy atom. The van der Waals surface area contributed by atoms with E-state index in [4.69, 9.17) is 9.26 Å². The van der Waals surface area contributed by atoms with Gasteiger partial charge in [0.05, 0.1) is 0 Å². The van der Waals surface area contributed by atoms with Crippen LogP contribution in [0.1, 0.15) is 18.3 Å². The maximum atomic E-state index is 12.0. The number of anilines is 1. The molecule has 1 amide bonds. The molecule has 6 nitrogen and oxygen atoms in total. The molecule has 0 aliphatic heterocycles. The fourth-order valence-corrected chi connectivity index (χ4v) is 2.26. The molecule has 0 bridgehead atoms. The van der Waals surface area contributed by atoms with Crippen LogP contribution in [0.2, 0.25) is 0 Å². The highest BCUT2D eigenvalue weighted by atomic mass is 16.5. The number of hydrogen-bond donors (Lipinski definition) is 1. The summed E-state index contributed by atoms with van der Waals surface area (Å²) >= 11 is 0. The van der Waals surface area contributed by atoms with E-state index in [0.717, 1.165) is 17.5 Å². The molecule has 0 aliphatic rings. The van der Waals surface area contributed by atoms with Crippen LogP contribution in [-0.2, 0) is 11.2 Å². The summed E-state index contributed by atoms with van der Waals surface area (Å²) in [5.74, 6) is 1.59. The maximum Gasteiger partial charge on any atom is 0.262 e. The largest absolute Gasteiger partial charge is 0.484 e. The van der Waals surface area contributed by atoms with Crippen LogP contribution in [-0.4, -0.2) is 22.7 Å². The van der Waals surface area contributed by atoms with Crippen molar-refractivity contribution in [2.24, 2.45) is 0 Å². The summed E-state index contributed by atoms with van der Waals surface area (Å²) in [5, 5.41) is 6.66. The SMILES string of the molecule is CCc1noc(-c2ccc(NC(=O)COc3cccc(C)c3)cc2)n1. The van der Waals surface area contributed by atoms with Gasteiger partial charge in [-0.15, -0.1) is 0 Å². The third kappa shape index (κ3) is 4.44. The third-order valence-corrected chi connectivity index (χ3v) is 3.56. The number of rotatable bonds is 6. The minimum Gasteiger partial charge on any atom is -0.484 e. The fourth-order valence-electron chi connectivity index (χ4n) is 2.26. The number of aromatic nitrogens is 2. The number of carbonyl (C=O) groups excluding carboxylic acids is 1. The number of aryl methyl sites for hydroxylation is 2. The van der Waals surface area contributed by atoms with Gasteiger partial charge in [0.1, 0.15) is 5.75 Å². The number of nitrogens with one attached hydrogen (secondary N) is 1. The van der Waals surface area contributed by atoms with Crippen LogP contribution in [0.5, 0.6) is 5.75 Å². The van der Waals surface area contributed by atoms with Crippen molar-refractivity contribution in [3.8, 4) is 17.2 Å². The van der Waals surface area contributed by atoms with E-state index in [1.165, 1.54) is 0 Å². The molecule has 128 valence electrons. The summed E-state index contributed by atoms with van der Waals surface area (Å²) in [6.45, 7) is 3.89. The van der Waals surface area contributed by atoms with Crippen molar-refractivity contribution in [1.29, 1.82) is 0 Å². The Balaban J connectivity index is 1.56. The highest BCUT2D eigenvalue weighted by Crippen LogP contribution is 2.20. The molecular weight excluding hydrogens is 318 g/mol. The first-order valence-electron chi connectivity index (χ1n) is 8.06. The average molecular weight is 337 g/mol. The van der Waals surface area contributed by atoms with Gasteiger partial charge in [-0.05, 0) is 48.9 Å². The molecule has 0 saturated heterocycles. The van der Waals surface area contributed by atoms with Crippen molar-refractivity contribution < 1.29 is 14.1 Å². The van der Waals surface area contributed by atoms with Gasteiger partial charge in [-0.1, -0.05) is 24.2 Å². The van der Waals surface area contributed by atoms with Gasteiger partial charge in [0.15, 0.2) is 12.4 Å². The van der Waals surface area contributed by atoms with E-state index in [2.05, 4.69) is 15.5 Å². The topological polar surface area (TPSA) is 77.2 Å². The molecule has 0 aliphatic carbocycles. The Labute approximate surface area is 145 Å². The van der Waals surface area contributed by atoms with Gasteiger partial charge < -0.3 is 14.6 Å². The summed E-state index contributed by atoms with van der Waals surface area (Å²) in [5.41, 5.74) is 2.57. The van der Waals surface area contributed by atoms with Crippen LogP contribution in [0, 0.1) is 6.92 Å². The summed E-state index contributed by atoms with van der Waals surface area (Å²) in [7, 11) is 0. The molecule has 3 aromatic rings. The number of benzene rings is 2. The molecule has 2 aromatic carbocycles. The quantitative estimate of drug-likeness (QED) is 0.743. The summed E-state index contributed by atoms with van der Waals surface area (Å²) in [4.78, 5) is 16.3. The van der Waals surface area contributed by atoms with Crippen LogP contribution in [0.15, 0.2) is 53.1 Å². The van der Waals surface area contributed by atoms with Gasteiger partial charge in [-0.25, -0.2) is 0 Å². The summed E-state index contributed by atoms with van der Waals surface area (Å²) < 4.78 is 10.7. The Kier molecular flexibility index (Phi) is 5.09. The molecule has 1 heterocycles. The molecule has 0 atom stereocenters. The maximum absolute atomic E-state index is 12.0. The molecule has 0 unspecified atom stereocenters. The van der Waals surface area contributed by atoms with Crippen LogP contribution in [0.25, 0.3) is 11.5 Å². The molecule has 6 heteroatoms. The van der Waals surface area contributed by atoms with Gasteiger partial charge in [-0.3, -0.25) is 4.79 Å². The van der Waals surface area contributed by atoms with E-state index >= 15 is 0 Å². The van der Waals surface area contributed by atoms with Gasteiger partial charge in [-0.2, -0.15) is 4.98 Å². The van der Waals surface area contributed by atoms with E-state index < -0.39 is 0 Å². The lowest BCUT2D eigenvalue weighted by atomic mass is 10.2. The minimum absolute atomic E-state index is 0.0469. The predicted molar refractivity (Wildman–Crippen MR) is 94.4 cm³/mol. The highest BCUT2D eigenvalue weighted by Gasteiger charge is 2.08. The zero-order chi connectivity index (χ0) is 17.6. The van der Waals surface area contributed by atoms with Gasteiger partial charge in [0.2, 0.25) is 0 Å². The fraction of sp³-hybridized carbons (Fsp3) is 0.211. The van der Waals surface area contributed by atoms with E-state index in [1.54, 1.807) is 12.1 Å². The van der Waals surface area contributed by atoms with Crippen LogP contribution in [0.3, 0.4) is 0 Å². The lowest BCUT2D eigenvalue weighted by molar-refractivity contribution is -0.118. The molecule has 0 spiro atoms. The minimum atomic E-state index is -0.222. The summed E-state index contributed by atoms with van der Waals surface area (Å²) in [6, 6.07) is 14.8. The number of amides is 1. The normalized spacial score (nSPS) is 10.5. The number of hydrogen-bond acceptors (Lipinski definition) is 5. The predicted octanol–water partition coefficient (Wildman–Crippen LogP) is 3.62. The van der Waals surface area contributed by atoms with Crippen molar-refractivity contribution in [1.82, 2.24) is 10.1 Å². The van der Waals surface area contributed by atoms with Crippen molar-refractivity contribution in [2.75, 3.05) is 11.9 Å². The van der Waals surface area contributed by atoms with Crippen LogP contribution >= 0.6 is 0 Å². The Hall–Kier alpha value is -3.15. The first kappa shape index (κ1) is 16.7. The van der Waals surface area contributed by atoms with Gasteiger partial charge in [0, 0.05) is 17.7 Å². The van der Waals surface area contributed by atoms with E-state index in [9.17, 15) is 4.79 Å². The summed E-state index contributed by atoms with van der Waals surface area (Å²) in [6.07, 6.45) is 0.721. The van der Waals surface area contributed by atoms with E-state index in [1.807, 2.05) is 50.2 Å². The molecule has 0 radical (unpaired) electrons. The molecule has 1 N–H and O–H groups in total. The van der Waals surface area contributed by atoms with Crippen molar-refractivity contribution in [3.05, 3.63) is 59.9 Å². The Morgan fingerprint density at radius 2 is 2.00 bits per heavy atom. The molecule has 0 saturated carbocycles. The Bertz CT molecular complexity index is 856. The first-order valence-corrected chi connectivity index (χ1v) is 8.06. The second kappa shape index (κ2) is 7.61. The second-order valence-electron chi connectivity index (χ2n) is 5.60. The second-order valence-corrected chi connectivity index (χ2v) is 5.60. The van der Waals surface area contributed by atoms with Crippen molar-refractivity contribution in [2.45, 2.75) is 20.3 Å². The molecule has 25 heavy (non-hydrogen) atoms. The number of nitrogens with zero attached hydrogens (tertiary/aromatic N) is 2. The average Bonchev–Trinajstić information content (AvgIpc) is 3.10. The lowest BCUT2D eigenvalue weighted by Gasteiger charge is -2.08. The van der Waals surface area contributed by atoms with E-state index in [0.29, 0.717) is 23.2 Å². The molecular formula is C19H19N3O3. The van der Waals surface area contributed by atoms with Crippen LogP contribution < -0.4 is 10.1 Å². The standard InChI is InChI=1S/C19H19N3O3/c1-3-17-21-19(25-22-17)14-7-9-15(10-8-14)20-18(23)12-24-16-6-4-5-13(2)11-16/h4-11H,3,12H2,1-2H3,(H,20,23). The highest BCUT2D eigenvalue weighted by molar-refractivity contribution is 5.92. The lowest BCUT2D eigenvalue weighted by Crippen LogP contribution is -2.20. The number of ether oxygens (including phenoxy) is 1. The van der Waals surface area contributed by atoms with Gasteiger partial charge >= 0.3 is 0 Å². The van der Waals surface area contributed by atoms with E-state index in [-0.39, 0.29) is 12.5 Å².